The Morgan fingerprint density at radius 2 is 2.05 bits per heavy atom. The summed E-state index contributed by atoms with van der Waals surface area (Å²) in [7, 11) is 1.71. The molecule has 0 atom stereocenters. The van der Waals surface area contributed by atoms with Crippen molar-refractivity contribution in [3.8, 4) is 0 Å². The van der Waals surface area contributed by atoms with Gasteiger partial charge in [0, 0.05) is 32.2 Å². The summed E-state index contributed by atoms with van der Waals surface area (Å²) in [5, 5.41) is 9.28. The van der Waals surface area contributed by atoms with Crippen LogP contribution in [0.15, 0.2) is 24.3 Å². The van der Waals surface area contributed by atoms with Gasteiger partial charge in [0.05, 0.1) is 31.0 Å². The average Bonchev–Trinajstić information content (AvgIpc) is 2.87. The van der Waals surface area contributed by atoms with Crippen molar-refractivity contribution in [3.05, 3.63) is 30.0 Å². The fourth-order valence-corrected chi connectivity index (χ4v) is 2.28. The molecule has 0 radical (unpaired) electrons. The van der Waals surface area contributed by atoms with Gasteiger partial charge in [-0.25, -0.2) is 0 Å². The monoisotopic (exact) mass is 291 g/mol. The van der Waals surface area contributed by atoms with E-state index >= 15 is 0 Å². The number of benzene rings is 1. The van der Waals surface area contributed by atoms with Crippen LogP contribution in [-0.2, 0) is 22.6 Å². The first-order valence-corrected chi connectivity index (χ1v) is 7.58. The summed E-state index contributed by atoms with van der Waals surface area (Å²) in [6.45, 7) is 6.72. The highest BCUT2D eigenvalue weighted by Crippen LogP contribution is 2.18. The predicted octanol–water partition coefficient (Wildman–Crippen LogP) is 2.20. The summed E-state index contributed by atoms with van der Waals surface area (Å²) in [5.41, 5.74) is 2.25. The van der Waals surface area contributed by atoms with Gasteiger partial charge >= 0.3 is 0 Å². The number of ether oxygens (including phenoxy) is 2. The van der Waals surface area contributed by atoms with E-state index in [0.29, 0.717) is 13.2 Å². The maximum absolute atomic E-state index is 5.57. The number of hydrogen-bond acceptors (Lipinski definition) is 4. The third-order valence-electron chi connectivity index (χ3n) is 3.31. The van der Waals surface area contributed by atoms with Crippen LogP contribution in [0.5, 0.6) is 0 Å². The van der Waals surface area contributed by atoms with E-state index in [4.69, 9.17) is 14.6 Å². The van der Waals surface area contributed by atoms with Gasteiger partial charge in [0.15, 0.2) is 0 Å². The highest BCUT2D eigenvalue weighted by atomic mass is 16.5. The Labute approximate surface area is 126 Å². The zero-order valence-corrected chi connectivity index (χ0v) is 13.0. The third-order valence-corrected chi connectivity index (χ3v) is 3.31. The topological polar surface area (TPSA) is 48.3 Å². The lowest BCUT2D eigenvalue weighted by Crippen LogP contribution is -2.19. The van der Waals surface area contributed by atoms with Gasteiger partial charge in [-0.1, -0.05) is 25.1 Å². The van der Waals surface area contributed by atoms with Gasteiger partial charge in [-0.15, -0.1) is 0 Å². The van der Waals surface area contributed by atoms with E-state index in [-0.39, 0.29) is 0 Å². The van der Waals surface area contributed by atoms with Crippen LogP contribution >= 0.6 is 0 Å². The standard InChI is InChI=1S/C16H25N3O2/c1-3-10-21-12-9-19-16-7-5-4-6-14(16)15(18-19)13-17-8-11-20-2/h4-7,17H,3,8-13H2,1-2H3. The van der Waals surface area contributed by atoms with Crippen molar-refractivity contribution < 1.29 is 9.47 Å². The number of nitrogens with zero attached hydrogens (tertiary/aromatic N) is 2. The molecule has 1 N–H and O–H groups in total. The number of hydrogen-bond donors (Lipinski definition) is 1. The van der Waals surface area contributed by atoms with Crippen molar-refractivity contribution in [3.63, 3.8) is 0 Å². The molecule has 5 nitrogen and oxygen atoms in total. The second-order valence-electron chi connectivity index (χ2n) is 4.97. The Hall–Kier alpha value is -1.43. The molecule has 0 aliphatic carbocycles. The summed E-state index contributed by atoms with van der Waals surface area (Å²) in [6, 6.07) is 8.34. The molecule has 116 valence electrons. The average molecular weight is 291 g/mol. The van der Waals surface area contributed by atoms with Crippen LogP contribution in [0.4, 0.5) is 0 Å². The highest BCUT2D eigenvalue weighted by Gasteiger charge is 2.09. The van der Waals surface area contributed by atoms with E-state index in [0.717, 1.165) is 38.4 Å². The Morgan fingerprint density at radius 1 is 1.19 bits per heavy atom. The van der Waals surface area contributed by atoms with Crippen LogP contribution in [0.2, 0.25) is 0 Å². The zero-order chi connectivity index (χ0) is 14.9. The molecule has 1 aromatic carbocycles. The number of nitrogens with one attached hydrogen (secondary N) is 1. The van der Waals surface area contributed by atoms with Gasteiger partial charge in [0.2, 0.25) is 0 Å². The smallest absolute Gasteiger partial charge is 0.0841 e. The second-order valence-corrected chi connectivity index (χ2v) is 4.97. The van der Waals surface area contributed by atoms with Gasteiger partial charge < -0.3 is 14.8 Å². The summed E-state index contributed by atoms with van der Waals surface area (Å²) >= 11 is 0. The molecule has 0 saturated carbocycles. The number of para-hydroxylation sites is 1. The van der Waals surface area contributed by atoms with Gasteiger partial charge in [-0.3, -0.25) is 4.68 Å². The van der Waals surface area contributed by atoms with Crippen LogP contribution in [0, 0.1) is 0 Å². The molecule has 21 heavy (non-hydrogen) atoms. The molecule has 2 rings (SSSR count). The quantitative estimate of drug-likeness (QED) is 0.682. The molecule has 0 aliphatic rings. The predicted molar refractivity (Wildman–Crippen MR) is 84.4 cm³/mol. The molecule has 2 aromatic rings. The van der Waals surface area contributed by atoms with Crippen molar-refractivity contribution >= 4 is 10.9 Å². The normalized spacial score (nSPS) is 11.3. The Kier molecular flexibility index (Phi) is 6.66. The van der Waals surface area contributed by atoms with Crippen molar-refractivity contribution in [1.82, 2.24) is 15.1 Å². The first kappa shape index (κ1) is 15.9. The minimum Gasteiger partial charge on any atom is -0.383 e. The maximum atomic E-state index is 5.57. The van der Waals surface area contributed by atoms with Gasteiger partial charge in [-0.05, 0) is 12.5 Å². The van der Waals surface area contributed by atoms with E-state index < -0.39 is 0 Å². The molecule has 0 fully saturated rings. The molecular formula is C16H25N3O2. The lowest BCUT2D eigenvalue weighted by Gasteiger charge is -2.04. The van der Waals surface area contributed by atoms with Crippen molar-refractivity contribution in [2.24, 2.45) is 0 Å². The molecule has 1 heterocycles. The summed E-state index contributed by atoms with van der Waals surface area (Å²) < 4.78 is 12.6. The lowest BCUT2D eigenvalue weighted by atomic mass is 10.2. The molecule has 0 spiro atoms. The Morgan fingerprint density at radius 3 is 2.86 bits per heavy atom. The van der Waals surface area contributed by atoms with Crippen LogP contribution in [-0.4, -0.2) is 43.3 Å². The van der Waals surface area contributed by atoms with Crippen LogP contribution < -0.4 is 5.32 Å². The fraction of sp³-hybridized carbons (Fsp3) is 0.562. The van der Waals surface area contributed by atoms with Crippen LogP contribution in [0.3, 0.4) is 0 Å². The van der Waals surface area contributed by atoms with Gasteiger partial charge in [-0.2, -0.15) is 5.10 Å². The highest BCUT2D eigenvalue weighted by molar-refractivity contribution is 5.81. The minimum absolute atomic E-state index is 0.704. The molecule has 0 saturated heterocycles. The zero-order valence-electron chi connectivity index (χ0n) is 13.0. The fourth-order valence-electron chi connectivity index (χ4n) is 2.28. The SMILES string of the molecule is CCCOCCn1nc(CNCCOC)c2ccccc21. The Bertz CT molecular complexity index is 493. The van der Waals surface area contributed by atoms with E-state index in [1.807, 2.05) is 4.68 Å². The Balaban J connectivity index is 2.03. The number of rotatable bonds is 10. The van der Waals surface area contributed by atoms with E-state index in [9.17, 15) is 0 Å². The van der Waals surface area contributed by atoms with Crippen LogP contribution in [0.25, 0.3) is 10.9 Å². The lowest BCUT2D eigenvalue weighted by molar-refractivity contribution is 0.125. The van der Waals surface area contributed by atoms with Crippen LogP contribution in [0.1, 0.15) is 19.0 Å². The van der Waals surface area contributed by atoms with Crippen molar-refractivity contribution in [2.45, 2.75) is 26.4 Å². The molecule has 5 heteroatoms. The first-order chi connectivity index (χ1) is 10.4. The van der Waals surface area contributed by atoms with Gasteiger partial charge in [0.25, 0.3) is 0 Å². The number of methoxy groups -OCH3 is 1. The summed E-state index contributed by atoms with van der Waals surface area (Å²) in [4.78, 5) is 0. The first-order valence-electron chi connectivity index (χ1n) is 7.58. The van der Waals surface area contributed by atoms with E-state index in [2.05, 4.69) is 36.5 Å². The van der Waals surface area contributed by atoms with Gasteiger partial charge in [0.1, 0.15) is 0 Å². The summed E-state index contributed by atoms with van der Waals surface area (Å²) in [5.74, 6) is 0. The molecule has 0 bridgehead atoms. The molecule has 0 aliphatic heterocycles. The third kappa shape index (κ3) is 4.52. The number of aromatic nitrogens is 2. The maximum Gasteiger partial charge on any atom is 0.0841 e. The largest absolute Gasteiger partial charge is 0.383 e. The molecular weight excluding hydrogens is 266 g/mol. The minimum atomic E-state index is 0.704. The summed E-state index contributed by atoms with van der Waals surface area (Å²) in [6.07, 6.45) is 1.05. The molecule has 1 aromatic heterocycles. The number of fused-ring (bicyclic) bond motifs is 1. The van der Waals surface area contributed by atoms with Crippen molar-refractivity contribution in [1.29, 1.82) is 0 Å². The van der Waals surface area contributed by atoms with E-state index in [1.54, 1.807) is 7.11 Å². The van der Waals surface area contributed by atoms with Crippen molar-refractivity contribution in [2.75, 3.05) is 33.5 Å². The molecule has 0 unspecified atom stereocenters. The second kappa shape index (κ2) is 8.77. The van der Waals surface area contributed by atoms with E-state index in [1.165, 1.54) is 10.9 Å². The molecule has 0 amide bonds.